The lowest BCUT2D eigenvalue weighted by Crippen LogP contribution is -2.30. The van der Waals surface area contributed by atoms with E-state index in [4.69, 9.17) is 37.0 Å². The lowest BCUT2D eigenvalue weighted by Gasteiger charge is -2.21. The summed E-state index contributed by atoms with van der Waals surface area (Å²) in [7, 11) is -9.89. The SMILES string of the molecule is CCCCCCCCCCCCCCCCCC(=O)O[C@H](COC(=O)CCCCCCCCCCC(C)CC)COP(=O)(O)OC[C@@H](O)COP(=O)(O)OC[C@@H](COC(=O)CCCCCCCCCC)OC(=O)CCCCCCCCCCCCC. The fraction of sp³-hybridized carbons (Fsp3) is 0.940. The zero-order valence-corrected chi connectivity index (χ0v) is 57.2. The van der Waals surface area contributed by atoms with Gasteiger partial charge in [-0.3, -0.25) is 37.3 Å². The van der Waals surface area contributed by atoms with Gasteiger partial charge in [0, 0.05) is 25.7 Å². The molecule has 0 saturated carbocycles. The first-order valence-corrected chi connectivity index (χ1v) is 38.2. The molecule has 3 N–H and O–H groups in total. The van der Waals surface area contributed by atoms with Crippen molar-refractivity contribution in [1.82, 2.24) is 0 Å². The number of hydrogen-bond donors (Lipinski definition) is 3. The first-order chi connectivity index (χ1) is 41.6. The summed E-state index contributed by atoms with van der Waals surface area (Å²) in [6.45, 7) is 7.20. The molecule has 0 aromatic carbocycles. The Morgan fingerprint density at radius 2 is 0.558 bits per heavy atom. The van der Waals surface area contributed by atoms with Crippen LogP contribution < -0.4 is 0 Å². The van der Waals surface area contributed by atoms with Crippen molar-refractivity contribution >= 4 is 39.5 Å². The second-order valence-corrected chi connectivity index (χ2v) is 27.4. The van der Waals surface area contributed by atoms with Gasteiger partial charge in [-0.2, -0.15) is 0 Å². The number of aliphatic hydroxyl groups excluding tert-OH is 1. The summed E-state index contributed by atoms with van der Waals surface area (Å²) in [6.07, 6.45) is 45.7. The predicted molar refractivity (Wildman–Crippen MR) is 345 cm³/mol. The van der Waals surface area contributed by atoms with Crippen LogP contribution in [0.1, 0.15) is 343 Å². The van der Waals surface area contributed by atoms with Gasteiger partial charge in [0.1, 0.15) is 19.3 Å². The maximum absolute atomic E-state index is 13.0. The number of carbonyl (C=O) groups excluding carboxylic acids is 4. The first kappa shape index (κ1) is 84.1. The van der Waals surface area contributed by atoms with Crippen molar-refractivity contribution in [1.29, 1.82) is 0 Å². The molecule has 19 heteroatoms. The third-order valence-corrected chi connectivity index (χ3v) is 17.8. The maximum Gasteiger partial charge on any atom is 0.472 e. The normalized spacial score (nSPS) is 14.5. The summed E-state index contributed by atoms with van der Waals surface area (Å²) in [6, 6.07) is 0. The standard InChI is InChI=1S/C67H130O17P2/c1-6-10-13-16-19-22-24-25-26-27-29-31-38-43-48-53-67(72)84-63(57-78-65(70)51-46-41-36-33-32-34-39-44-49-60(5)9-4)59-82-86(75,76)80-55-61(68)54-79-85(73,74)81-58-62(56-77-64(69)50-45-40-35-21-18-15-12-8-3)83-66(71)52-47-42-37-30-28-23-20-17-14-11-7-2/h60-63,68H,6-59H2,1-5H3,(H,73,74)(H,75,76)/t60?,61-,62+,63+/m0/s1. The van der Waals surface area contributed by atoms with E-state index >= 15 is 0 Å². The highest BCUT2D eigenvalue weighted by atomic mass is 31.2. The molecule has 0 aliphatic carbocycles. The van der Waals surface area contributed by atoms with Crippen LogP contribution in [0.15, 0.2) is 0 Å². The van der Waals surface area contributed by atoms with E-state index in [0.29, 0.717) is 25.7 Å². The smallest absolute Gasteiger partial charge is 0.462 e. The molecule has 17 nitrogen and oxygen atoms in total. The monoisotopic (exact) mass is 1270 g/mol. The van der Waals surface area contributed by atoms with Crippen molar-refractivity contribution < 1.29 is 80.2 Å². The Morgan fingerprint density at radius 1 is 0.326 bits per heavy atom. The van der Waals surface area contributed by atoms with Crippen LogP contribution in [0.3, 0.4) is 0 Å². The van der Waals surface area contributed by atoms with E-state index in [-0.39, 0.29) is 25.7 Å². The molecular weight excluding hydrogens is 1140 g/mol. The lowest BCUT2D eigenvalue weighted by molar-refractivity contribution is -0.161. The minimum absolute atomic E-state index is 0.107. The van der Waals surface area contributed by atoms with Crippen LogP contribution in [0.2, 0.25) is 0 Å². The fourth-order valence-electron chi connectivity index (χ4n) is 10.1. The number of esters is 4. The Kier molecular flexibility index (Phi) is 59.2. The summed E-state index contributed by atoms with van der Waals surface area (Å²) in [5, 5.41) is 10.6. The molecule has 86 heavy (non-hydrogen) atoms. The van der Waals surface area contributed by atoms with Gasteiger partial charge in [-0.25, -0.2) is 9.13 Å². The van der Waals surface area contributed by atoms with Crippen molar-refractivity contribution in [3.63, 3.8) is 0 Å². The van der Waals surface area contributed by atoms with E-state index < -0.39 is 97.5 Å². The van der Waals surface area contributed by atoms with Crippen LogP contribution in [0.25, 0.3) is 0 Å². The van der Waals surface area contributed by atoms with Crippen LogP contribution in [0.4, 0.5) is 0 Å². The van der Waals surface area contributed by atoms with Crippen molar-refractivity contribution in [3.8, 4) is 0 Å². The van der Waals surface area contributed by atoms with Crippen molar-refractivity contribution in [2.75, 3.05) is 39.6 Å². The maximum atomic E-state index is 13.0. The highest BCUT2D eigenvalue weighted by Crippen LogP contribution is 2.45. The molecule has 0 aliphatic rings. The van der Waals surface area contributed by atoms with E-state index in [2.05, 4.69) is 34.6 Å². The van der Waals surface area contributed by atoms with Gasteiger partial charge in [0.25, 0.3) is 0 Å². The van der Waals surface area contributed by atoms with Crippen LogP contribution in [-0.2, 0) is 65.4 Å². The van der Waals surface area contributed by atoms with Gasteiger partial charge in [-0.15, -0.1) is 0 Å². The Labute approximate surface area is 524 Å². The summed E-state index contributed by atoms with van der Waals surface area (Å²) >= 11 is 0. The molecule has 0 aromatic heterocycles. The number of aliphatic hydroxyl groups is 1. The second kappa shape index (κ2) is 60.6. The molecule has 0 rings (SSSR count). The van der Waals surface area contributed by atoms with Crippen molar-refractivity contribution in [2.45, 2.75) is 361 Å². The molecule has 0 radical (unpaired) electrons. The zero-order valence-electron chi connectivity index (χ0n) is 55.4. The number of phosphoric ester groups is 2. The molecule has 0 bridgehead atoms. The Bertz CT molecular complexity index is 1670. The van der Waals surface area contributed by atoms with Gasteiger partial charge in [-0.05, 0) is 31.6 Å². The second-order valence-electron chi connectivity index (χ2n) is 24.5. The molecular formula is C67H130O17P2. The van der Waals surface area contributed by atoms with Gasteiger partial charge in [-0.1, -0.05) is 291 Å². The van der Waals surface area contributed by atoms with Gasteiger partial charge >= 0.3 is 39.5 Å². The summed E-state index contributed by atoms with van der Waals surface area (Å²) in [5.41, 5.74) is 0. The van der Waals surface area contributed by atoms with E-state index in [1.54, 1.807) is 0 Å². The van der Waals surface area contributed by atoms with E-state index in [1.165, 1.54) is 161 Å². The molecule has 0 spiro atoms. The number of ether oxygens (including phenoxy) is 4. The minimum atomic E-state index is -4.95. The average Bonchev–Trinajstić information content (AvgIpc) is 3.54. The van der Waals surface area contributed by atoms with Gasteiger partial charge in [0.15, 0.2) is 12.2 Å². The Hall–Kier alpha value is -1.94. The summed E-state index contributed by atoms with van der Waals surface area (Å²) < 4.78 is 68.1. The van der Waals surface area contributed by atoms with E-state index in [9.17, 15) is 43.2 Å². The molecule has 0 aliphatic heterocycles. The van der Waals surface area contributed by atoms with Crippen LogP contribution in [-0.4, -0.2) is 96.7 Å². The molecule has 0 saturated heterocycles. The number of unbranched alkanes of at least 4 members (excludes halogenated alkanes) is 38. The van der Waals surface area contributed by atoms with Gasteiger partial charge in [0.2, 0.25) is 0 Å². The topological polar surface area (TPSA) is 237 Å². The highest BCUT2D eigenvalue weighted by molar-refractivity contribution is 7.47. The number of rotatable bonds is 67. The van der Waals surface area contributed by atoms with Crippen LogP contribution >= 0.6 is 15.6 Å². The number of hydrogen-bond acceptors (Lipinski definition) is 15. The molecule has 0 amide bonds. The zero-order chi connectivity index (χ0) is 63.5. The largest absolute Gasteiger partial charge is 0.472 e. The summed E-state index contributed by atoms with van der Waals surface area (Å²) in [4.78, 5) is 72.3. The lowest BCUT2D eigenvalue weighted by atomic mass is 9.99. The quantitative estimate of drug-likeness (QED) is 0.0222. The van der Waals surface area contributed by atoms with Crippen molar-refractivity contribution in [3.05, 3.63) is 0 Å². The Morgan fingerprint density at radius 3 is 0.826 bits per heavy atom. The van der Waals surface area contributed by atoms with Crippen molar-refractivity contribution in [2.24, 2.45) is 5.92 Å². The highest BCUT2D eigenvalue weighted by Gasteiger charge is 2.30. The number of phosphoric acid groups is 2. The summed E-state index contributed by atoms with van der Waals surface area (Å²) in [5.74, 6) is -1.35. The van der Waals surface area contributed by atoms with E-state index in [1.807, 2.05) is 0 Å². The molecule has 6 atom stereocenters. The molecule has 0 aromatic rings. The molecule has 510 valence electrons. The van der Waals surface area contributed by atoms with E-state index in [0.717, 1.165) is 102 Å². The van der Waals surface area contributed by atoms with Crippen LogP contribution in [0, 0.1) is 5.92 Å². The molecule has 0 heterocycles. The predicted octanol–water partition coefficient (Wildman–Crippen LogP) is 19.0. The van der Waals surface area contributed by atoms with Crippen LogP contribution in [0.5, 0.6) is 0 Å². The molecule has 0 fully saturated rings. The van der Waals surface area contributed by atoms with Gasteiger partial charge in [0.05, 0.1) is 26.4 Å². The minimum Gasteiger partial charge on any atom is -0.462 e. The first-order valence-electron chi connectivity index (χ1n) is 35.2. The number of carbonyl (C=O) groups is 4. The Balaban J connectivity index is 5.23. The third-order valence-electron chi connectivity index (χ3n) is 15.9. The third kappa shape index (κ3) is 59.7. The average molecular weight is 1270 g/mol. The fourth-order valence-corrected chi connectivity index (χ4v) is 11.7. The molecule has 3 unspecified atom stereocenters. The van der Waals surface area contributed by atoms with Gasteiger partial charge < -0.3 is 33.8 Å².